The Morgan fingerprint density at radius 1 is 1.12 bits per heavy atom. The van der Waals surface area contributed by atoms with Gasteiger partial charge < -0.3 is 20.0 Å². The third-order valence-corrected chi connectivity index (χ3v) is 8.27. The first kappa shape index (κ1) is 25.9. The molecule has 0 unspecified atom stereocenters. The minimum atomic E-state index is -0.373. The molecule has 0 aromatic carbocycles. The van der Waals surface area contributed by atoms with Crippen LogP contribution < -0.4 is 0 Å². The molecule has 2 N–H and O–H groups in total. The lowest BCUT2D eigenvalue weighted by Gasteiger charge is -2.32. The highest BCUT2D eigenvalue weighted by molar-refractivity contribution is 5.21. The number of unbranched alkanes of at least 4 members (excludes halogenated alkanes) is 3. The first-order valence-electron chi connectivity index (χ1n) is 13.6. The SMILES string of the molecule is CCCC[C@H](C)C[C@H](O)/C=C/[C@@H]1[C@H]2CC(CCCCCN3CCN(C)CC3)=C[C@H]2C[C@H]1O. The minimum absolute atomic E-state index is 0.214. The fourth-order valence-electron chi connectivity index (χ4n) is 6.14. The van der Waals surface area contributed by atoms with E-state index in [2.05, 4.69) is 42.8 Å². The summed E-state index contributed by atoms with van der Waals surface area (Å²) in [5.41, 5.74) is 1.62. The van der Waals surface area contributed by atoms with E-state index in [1.54, 1.807) is 5.57 Å². The van der Waals surface area contributed by atoms with Gasteiger partial charge in [0.15, 0.2) is 0 Å². The van der Waals surface area contributed by atoms with Gasteiger partial charge in [0.1, 0.15) is 0 Å². The molecule has 0 aromatic rings. The molecule has 1 saturated carbocycles. The van der Waals surface area contributed by atoms with Crippen LogP contribution in [0, 0.1) is 23.7 Å². The lowest BCUT2D eigenvalue weighted by molar-refractivity contribution is 0.139. The highest BCUT2D eigenvalue weighted by Gasteiger charge is 2.43. The molecule has 32 heavy (non-hydrogen) atoms. The molecule has 3 rings (SSSR count). The van der Waals surface area contributed by atoms with Gasteiger partial charge in [0.05, 0.1) is 12.2 Å². The van der Waals surface area contributed by atoms with Crippen LogP contribution in [0.4, 0.5) is 0 Å². The van der Waals surface area contributed by atoms with E-state index in [9.17, 15) is 10.2 Å². The summed E-state index contributed by atoms with van der Waals surface area (Å²) in [5, 5.41) is 21.1. The Bertz CT molecular complexity index is 596. The molecule has 1 saturated heterocycles. The van der Waals surface area contributed by atoms with E-state index in [1.165, 1.54) is 77.7 Å². The zero-order valence-electron chi connectivity index (χ0n) is 21.1. The Morgan fingerprint density at radius 3 is 2.66 bits per heavy atom. The van der Waals surface area contributed by atoms with Crippen LogP contribution in [-0.4, -0.2) is 72.0 Å². The Hall–Kier alpha value is -0.680. The number of rotatable bonds is 13. The molecule has 0 amide bonds. The molecule has 4 heteroatoms. The van der Waals surface area contributed by atoms with Crippen molar-refractivity contribution >= 4 is 0 Å². The number of hydrogen-bond donors (Lipinski definition) is 2. The molecule has 6 atom stereocenters. The molecule has 2 fully saturated rings. The van der Waals surface area contributed by atoms with E-state index in [0.717, 1.165) is 19.3 Å². The standard InChI is InChI=1S/C28H50N2O2/c1-4-5-9-22(2)18-25(31)11-12-26-27-20-23(19-24(27)21-28(26)32)10-7-6-8-13-30-16-14-29(3)15-17-30/h11-12,19,22,24-28,31-32H,4-10,13-18,20-21H2,1-3H3/b12-11+/t22-,24-,25+,26+,27-,28+/m0/s1. The smallest absolute Gasteiger partial charge is 0.0723 e. The van der Waals surface area contributed by atoms with E-state index in [1.807, 2.05) is 6.08 Å². The number of allylic oxidation sites excluding steroid dienone is 2. The van der Waals surface area contributed by atoms with Gasteiger partial charge in [-0.2, -0.15) is 0 Å². The predicted octanol–water partition coefficient (Wildman–Crippen LogP) is 4.87. The summed E-state index contributed by atoms with van der Waals surface area (Å²) in [5.74, 6) is 1.87. The van der Waals surface area contributed by atoms with Crippen molar-refractivity contribution in [3.8, 4) is 0 Å². The number of aliphatic hydroxyl groups is 2. The van der Waals surface area contributed by atoms with Gasteiger partial charge in [-0.15, -0.1) is 0 Å². The van der Waals surface area contributed by atoms with Crippen LogP contribution in [0.15, 0.2) is 23.8 Å². The van der Waals surface area contributed by atoms with Crippen molar-refractivity contribution in [1.82, 2.24) is 9.80 Å². The summed E-state index contributed by atoms with van der Waals surface area (Å²) in [4.78, 5) is 5.05. The number of piperazine rings is 1. The number of nitrogens with zero attached hydrogens (tertiary/aromatic N) is 2. The highest BCUT2D eigenvalue weighted by Crippen LogP contribution is 2.48. The molecular formula is C28H50N2O2. The Labute approximate surface area is 197 Å². The molecule has 3 aliphatic rings. The van der Waals surface area contributed by atoms with Crippen molar-refractivity contribution < 1.29 is 10.2 Å². The fraction of sp³-hybridized carbons (Fsp3) is 0.857. The van der Waals surface area contributed by atoms with Crippen LogP contribution >= 0.6 is 0 Å². The number of likely N-dealkylation sites (N-methyl/N-ethyl adjacent to an activating group) is 1. The van der Waals surface area contributed by atoms with Crippen LogP contribution in [0.1, 0.15) is 78.1 Å². The topological polar surface area (TPSA) is 46.9 Å². The number of fused-ring (bicyclic) bond motifs is 1. The molecule has 184 valence electrons. The van der Waals surface area contributed by atoms with Crippen LogP contribution in [0.25, 0.3) is 0 Å². The summed E-state index contributed by atoms with van der Waals surface area (Å²) in [6.45, 7) is 10.6. The maximum absolute atomic E-state index is 10.6. The summed E-state index contributed by atoms with van der Waals surface area (Å²) in [6, 6.07) is 0. The third kappa shape index (κ3) is 7.97. The molecule has 0 spiro atoms. The van der Waals surface area contributed by atoms with Gasteiger partial charge in [-0.05, 0) is 69.9 Å². The van der Waals surface area contributed by atoms with E-state index < -0.39 is 0 Å². The van der Waals surface area contributed by atoms with Gasteiger partial charge in [-0.25, -0.2) is 0 Å². The Balaban J connectivity index is 1.34. The van der Waals surface area contributed by atoms with Gasteiger partial charge >= 0.3 is 0 Å². The monoisotopic (exact) mass is 446 g/mol. The first-order valence-corrected chi connectivity index (χ1v) is 13.6. The zero-order chi connectivity index (χ0) is 22.9. The lowest BCUT2D eigenvalue weighted by Crippen LogP contribution is -2.44. The Morgan fingerprint density at radius 2 is 1.91 bits per heavy atom. The molecule has 2 aliphatic carbocycles. The van der Waals surface area contributed by atoms with Gasteiger partial charge in [0, 0.05) is 32.1 Å². The average molecular weight is 447 g/mol. The van der Waals surface area contributed by atoms with Gasteiger partial charge in [0.25, 0.3) is 0 Å². The second kappa shape index (κ2) is 13.3. The highest BCUT2D eigenvalue weighted by atomic mass is 16.3. The molecule has 0 radical (unpaired) electrons. The van der Waals surface area contributed by atoms with Crippen molar-refractivity contribution in [2.24, 2.45) is 23.7 Å². The van der Waals surface area contributed by atoms with Gasteiger partial charge in [0.2, 0.25) is 0 Å². The average Bonchev–Trinajstić information content (AvgIpc) is 3.28. The normalized spacial score (nSPS) is 31.2. The van der Waals surface area contributed by atoms with Gasteiger partial charge in [-0.1, -0.05) is 63.3 Å². The van der Waals surface area contributed by atoms with Gasteiger partial charge in [-0.3, -0.25) is 0 Å². The Kier molecular flexibility index (Phi) is 10.8. The van der Waals surface area contributed by atoms with Crippen LogP contribution in [0.3, 0.4) is 0 Å². The van der Waals surface area contributed by atoms with Crippen molar-refractivity contribution in [3.05, 3.63) is 23.8 Å². The third-order valence-electron chi connectivity index (χ3n) is 8.27. The summed E-state index contributed by atoms with van der Waals surface area (Å²) < 4.78 is 0. The molecule has 4 nitrogen and oxygen atoms in total. The van der Waals surface area contributed by atoms with E-state index in [-0.39, 0.29) is 18.1 Å². The quantitative estimate of drug-likeness (QED) is 0.313. The molecule has 0 bridgehead atoms. The second-order valence-electron chi connectivity index (χ2n) is 11.1. The second-order valence-corrected chi connectivity index (χ2v) is 11.1. The van der Waals surface area contributed by atoms with E-state index >= 15 is 0 Å². The fourth-order valence-corrected chi connectivity index (χ4v) is 6.14. The van der Waals surface area contributed by atoms with E-state index in [0.29, 0.717) is 17.8 Å². The van der Waals surface area contributed by atoms with Crippen LogP contribution in [-0.2, 0) is 0 Å². The lowest BCUT2D eigenvalue weighted by atomic mass is 9.88. The molecular weight excluding hydrogens is 396 g/mol. The molecule has 1 heterocycles. The van der Waals surface area contributed by atoms with Crippen molar-refractivity contribution in [2.45, 2.75) is 90.3 Å². The number of hydrogen-bond acceptors (Lipinski definition) is 4. The van der Waals surface area contributed by atoms with Crippen molar-refractivity contribution in [3.63, 3.8) is 0 Å². The van der Waals surface area contributed by atoms with E-state index in [4.69, 9.17) is 0 Å². The predicted molar refractivity (Wildman–Crippen MR) is 135 cm³/mol. The summed E-state index contributed by atoms with van der Waals surface area (Å²) in [6.07, 6.45) is 17.7. The maximum atomic E-state index is 10.6. The van der Waals surface area contributed by atoms with Crippen LogP contribution in [0.5, 0.6) is 0 Å². The van der Waals surface area contributed by atoms with Crippen molar-refractivity contribution in [1.29, 1.82) is 0 Å². The largest absolute Gasteiger partial charge is 0.392 e. The maximum Gasteiger partial charge on any atom is 0.0723 e. The summed E-state index contributed by atoms with van der Waals surface area (Å²) >= 11 is 0. The molecule has 0 aromatic heterocycles. The minimum Gasteiger partial charge on any atom is -0.392 e. The molecule has 1 aliphatic heterocycles. The zero-order valence-corrected chi connectivity index (χ0v) is 21.1. The van der Waals surface area contributed by atoms with Crippen molar-refractivity contribution in [2.75, 3.05) is 39.8 Å². The summed E-state index contributed by atoms with van der Waals surface area (Å²) in [7, 11) is 2.22. The first-order chi connectivity index (χ1) is 15.5. The number of aliphatic hydroxyl groups excluding tert-OH is 2. The van der Waals surface area contributed by atoms with Crippen LogP contribution in [0.2, 0.25) is 0 Å².